The Balaban J connectivity index is 1.57. The molecule has 35 heavy (non-hydrogen) atoms. The summed E-state index contributed by atoms with van der Waals surface area (Å²) >= 11 is 0. The number of rotatable bonds is 7. The number of anilines is 1. The molecule has 0 saturated heterocycles. The van der Waals surface area contributed by atoms with Crippen LogP contribution in [0.5, 0.6) is 0 Å². The summed E-state index contributed by atoms with van der Waals surface area (Å²) in [5.74, 6) is -1.39. The summed E-state index contributed by atoms with van der Waals surface area (Å²) in [6.45, 7) is 0.110. The Bertz CT molecular complexity index is 1590. The monoisotopic (exact) mass is 483 g/mol. The van der Waals surface area contributed by atoms with Crippen LogP contribution in [0.15, 0.2) is 119 Å². The Labute approximate surface area is 202 Å². The molecule has 0 aliphatic heterocycles. The summed E-state index contributed by atoms with van der Waals surface area (Å²) in [7, 11) is -3.94. The van der Waals surface area contributed by atoms with Crippen molar-refractivity contribution in [2.24, 2.45) is 0 Å². The van der Waals surface area contributed by atoms with E-state index in [1.54, 1.807) is 42.5 Å². The molecule has 1 N–H and O–H groups in total. The van der Waals surface area contributed by atoms with Crippen molar-refractivity contribution in [2.45, 2.75) is 11.4 Å². The first-order chi connectivity index (χ1) is 16.9. The van der Waals surface area contributed by atoms with Crippen LogP contribution in [0.2, 0.25) is 0 Å². The van der Waals surface area contributed by atoms with Gasteiger partial charge < -0.3 is 9.52 Å². The van der Waals surface area contributed by atoms with Crippen molar-refractivity contribution in [1.82, 2.24) is 0 Å². The van der Waals surface area contributed by atoms with Crippen molar-refractivity contribution < 1.29 is 22.7 Å². The van der Waals surface area contributed by atoms with E-state index in [4.69, 9.17) is 4.42 Å². The third-order valence-electron chi connectivity index (χ3n) is 5.72. The first-order valence-electron chi connectivity index (χ1n) is 10.9. The minimum atomic E-state index is -3.94. The quantitative estimate of drug-likeness (QED) is 0.298. The fraction of sp³-hybridized carbons (Fsp3) is 0.0357. The van der Waals surface area contributed by atoms with Crippen molar-refractivity contribution in [3.8, 4) is 11.1 Å². The second-order valence-corrected chi connectivity index (χ2v) is 9.89. The van der Waals surface area contributed by atoms with Gasteiger partial charge >= 0.3 is 5.97 Å². The number of nitrogens with zero attached hydrogens (tertiary/aromatic N) is 1. The van der Waals surface area contributed by atoms with E-state index in [2.05, 4.69) is 0 Å². The number of sulfonamides is 1. The molecular formula is C28H21NO5S. The molecule has 4 aromatic carbocycles. The van der Waals surface area contributed by atoms with Crippen LogP contribution < -0.4 is 4.31 Å². The van der Waals surface area contributed by atoms with E-state index >= 15 is 0 Å². The highest BCUT2D eigenvalue weighted by molar-refractivity contribution is 7.92. The molecule has 1 heterocycles. The van der Waals surface area contributed by atoms with E-state index in [-0.39, 0.29) is 17.2 Å². The van der Waals surface area contributed by atoms with Crippen LogP contribution in [0.1, 0.15) is 16.1 Å². The van der Waals surface area contributed by atoms with Gasteiger partial charge in [0.1, 0.15) is 5.58 Å². The number of carboxylic acid groups (broad SMARTS) is 1. The van der Waals surface area contributed by atoms with Gasteiger partial charge in [-0.3, -0.25) is 4.31 Å². The molecular weight excluding hydrogens is 462 g/mol. The summed E-state index contributed by atoms with van der Waals surface area (Å²) in [4.78, 5) is 11.5. The van der Waals surface area contributed by atoms with Gasteiger partial charge in [-0.15, -0.1) is 0 Å². The maximum Gasteiger partial charge on any atom is 0.371 e. The van der Waals surface area contributed by atoms with Crippen LogP contribution in [-0.2, 0) is 16.6 Å². The average Bonchev–Trinajstić information content (AvgIpc) is 3.32. The fourth-order valence-corrected chi connectivity index (χ4v) is 5.38. The van der Waals surface area contributed by atoms with Crippen LogP contribution in [0, 0.1) is 0 Å². The highest BCUT2D eigenvalue weighted by Crippen LogP contribution is 2.31. The van der Waals surface area contributed by atoms with Crippen LogP contribution in [-0.4, -0.2) is 19.5 Å². The minimum Gasteiger partial charge on any atom is -0.475 e. The maximum absolute atomic E-state index is 13.8. The second kappa shape index (κ2) is 9.12. The van der Waals surface area contributed by atoms with E-state index in [1.807, 2.05) is 60.7 Å². The predicted octanol–water partition coefficient (Wildman–Crippen LogP) is 6.19. The largest absolute Gasteiger partial charge is 0.475 e. The standard InChI is InChI=1S/C28H21NO5S/c30-28(31)27-18-23-17-24(13-16-26(23)34-27)29(19-20-7-3-1-4-8-20)35(32,33)25-14-11-22(12-15-25)21-9-5-2-6-10-21/h1-18H,19H2,(H,30,31). The lowest BCUT2D eigenvalue weighted by molar-refractivity contribution is 0.0665. The SMILES string of the molecule is O=C(O)c1cc2cc(N(Cc3ccccc3)S(=O)(=O)c3ccc(-c4ccccc4)cc3)ccc2o1. The summed E-state index contributed by atoms with van der Waals surface area (Å²) in [5, 5.41) is 9.75. The number of hydrogen-bond acceptors (Lipinski definition) is 4. The lowest BCUT2D eigenvalue weighted by atomic mass is 10.1. The van der Waals surface area contributed by atoms with Crippen molar-refractivity contribution in [3.05, 3.63) is 121 Å². The Morgan fingerprint density at radius 2 is 1.40 bits per heavy atom. The van der Waals surface area contributed by atoms with Crippen molar-refractivity contribution in [1.29, 1.82) is 0 Å². The molecule has 174 valence electrons. The van der Waals surface area contributed by atoms with Gasteiger partial charge in [0, 0.05) is 5.39 Å². The summed E-state index contributed by atoms with van der Waals surface area (Å²) in [5.41, 5.74) is 3.51. The Morgan fingerprint density at radius 3 is 2.06 bits per heavy atom. The molecule has 7 heteroatoms. The first kappa shape index (κ1) is 22.4. The highest BCUT2D eigenvalue weighted by atomic mass is 32.2. The number of carboxylic acids is 1. The number of benzene rings is 4. The topological polar surface area (TPSA) is 87.8 Å². The molecule has 5 aromatic rings. The minimum absolute atomic E-state index is 0.110. The number of furan rings is 1. The van der Waals surface area contributed by atoms with Gasteiger partial charge in [0.2, 0.25) is 5.76 Å². The molecule has 1 aromatic heterocycles. The summed E-state index contributed by atoms with van der Waals surface area (Å²) in [6.07, 6.45) is 0. The number of aromatic carboxylic acids is 1. The molecule has 0 amide bonds. The highest BCUT2D eigenvalue weighted by Gasteiger charge is 2.26. The van der Waals surface area contributed by atoms with Crippen LogP contribution in [0.4, 0.5) is 5.69 Å². The molecule has 0 aliphatic carbocycles. The van der Waals surface area contributed by atoms with Crippen molar-refractivity contribution >= 4 is 32.6 Å². The molecule has 0 atom stereocenters. The van der Waals surface area contributed by atoms with Crippen LogP contribution >= 0.6 is 0 Å². The van der Waals surface area contributed by atoms with Gasteiger partial charge in [-0.1, -0.05) is 72.8 Å². The Hall–Kier alpha value is -4.36. The lowest BCUT2D eigenvalue weighted by Crippen LogP contribution is -2.30. The molecule has 0 fully saturated rings. The number of hydrogen-bond donors (Lipinski definition) is 1. The average molecular weight is 484 g/mol. The molecule has 0 bridgehead atoms. The maximum atomic E-state index is 13.8. The smallest absolute Gasteiger partial charge is 0.371 e. The summed E-state index contributed by atoms with van der Waals surface area (Å²) < 4.78 is 34.4. The van der Waals surface area contributed by atoms with Gasteiger partial charge in [-0.2, -0.15) is 0 Å². The van der Waals surface area contributed by atoms with Crippen molar-refractivity contribution in [2.75, 3.05) is 4.31 Å². The predicted molar refractivity (Wildman–Crippen MR) is 135 cm³/mol. The van der Waals surface area contributed by atoms with E-state index < -0.39 is 16.0 Å². The lowest BCUT2D eigenvalue weighted by Gasteiger charge is -2.25. The summed E-state index contributed by atoms with van der Waals surface area (Å²) in [6, 6.07) is 32.1. The molecule has 0 saturated carbocycles. The Kier molecular flexibility index (Phi) is 5.84. The zero-order chi connectivity index (χ0) is 24.4. The number of carbonyl (C=O) groups is 1. The van der Waals surface area contributed by atoms with E-state index in [0.29, 0.717) is 16.7 Å². The van der Waals surface area contributed by atoms with E-state index in [9.17, 15) is 18.3 Å². The second-order valence-electron chi connectivity index (χ2n) is 8.03. The normalized spacial score (nSPS) is 11.4. The van der Waals surface area contributed by atoms with Gasteiger partial charge in [0.15, 0.2) is 0 Å². The fourth-order valence-electron chi connectivity index (χ4n) is 3.93. The van der Waals surface area contributed by atoms with Crippen LogP contribution in [0.3, 0.4) is 0 Å². The van der Waals surface area contributed by atoms with Crippen LogP contribution in [0.25, 0.3) is 22.1 Å². The van der Waals surface area contributed by atoms with Crippen molar-refractivity contribution in [3.63, 3.8) is 0 Å². The zero-order valence-corrected chi connectivity index (χ0v) is 19.4. The molecule has 6 nitrogen and oxygen atoms in total. The Morgan fingerprint density at radius 1 is 0.771 bits per heavy atom. The van der Waals surface area contributed by atoms with Gasteiger partial charge in [0.05, 0.1) is 17.1 Å². The third-order valence-corrected chi connectivity index (χ3v) is 7.51. The zero-order valence-electron chi connectivity index (χ0n) is 18.5. The first-order valence-corrected chi connectivity index (χ1v) is 12.3. The molecule has 0 radical (unpaired) electrons. The molecule has 5 rings (SSSR count). The van der Waals surface area contributed by atoms with Gasteiger partial charge in [-0.05, 0) is 53.1 Å². The van der Waals surface area contributed by atoms with E-state index in [1.165, 1.54) is 10.4 Å². The molecule has 0 spiro atoms. The number of fused-ring (bicyclic) bond motifs is 1. The molecule has 0 unspecified atom stereocenters. The molecule has 0 aliphatic rings. The third kappa shape index (κ3) is 4.54. The van der Waals surface area contributed by atoms with Gasteiger partial charge in [-0.25, -0.2) is 13.2 Å². The van der Waals surface area contributed by atoms with Gasteiger partial charge in [0.25, 0.3) is 10.0 Å². The van der Waals surface area contributed by atoms with E-state index in [0.717, 1.165) is 16.7 Å².